The van der Waals surface area contributed by atoms with Crippen LogP contribution in [0, 0.1) is 13.8 Å². The Bertz CT molecular complexity index is 972. The van der Waals surface area contributed by atoms with Gasteiger partial charge in [0.15, 0.2) is 0 Å². The highest BCUT2D eigenvalue weighted by molar-refractivity contribution is 9.10. The van der Waals surface area contributed by atoms with Crippen LogP contribution < -0.4 is 5.43 Å². The number of nitrogens with zero attached hydrogens (tertiary/aromatic N) is 3. The highest BCUT2D eigenvalue weighted by atomic mass is 79.9. The molecule has 1 heterocycles. The first-order valence-corrected chi connectivity index (χ1v) is 9.42. The Morgan fingerprint density at radius 1 is 1.07 bits per heavy atom. The standard InChI is InChI=1S/C21H21BrN4O/c1-14-12-15(2)26(25-14)13-17-4-6-19(7-5-17)21(27)24-23-16(3)18-8-10-20(22)11-9-18/h4-12H,13H2,1-3H3,(H,24,27)/b23-16+. The van der Waals surface area contributed by atoms with Crippen LogP contribution in [0.25, 0.3) is 0 Å². The summed E-state index contributed by atoms with van der Waals surface area (Å²) in [4.78, 5) is 12.3. The van der Waals surface area contributed by atoms with Crippen LogP contribution in [0.15, 0.2) is 64.2 Å². The van der Waals surface area contributed by atoms with E-state index in [4.69, 9.17) is 0 Å². The predicted octanol–water partition coefficient (Wildman–Crippen LogP) is 4.46. The molecule has 1 N–H and O–H groups in total. The van der Waals surface area contributed by atoms with E-state index in [1.807, 2.05) is 67.9 Å². The molecule has 1 amide bonds. The van der Waals surface area contributed by atoms with Crippen LogP contribution in [0.1, 0.15) is 39.8 Å². The van der Waals surface area contributed by atoms with E-state index >= 15 is 0 Å². The SMILES string of the molecule is C/C(=N\NC(=O)c1ccc(Cn2nc(C)cc2C)cc1)c1ccc(Br)cc1. The van der Waals surface area contributed by atoms with Crippen molar-refractivity contribution in [2.75, 3.05) is 0 Å². The van der Waals surface area contributed by atoms with Gasteiger partial charge in [-0.2, -0.15) is 10.2 Å². The Balaban J connectivity index is 1.64. The third kappa shape index (κ3) is 4.92. The van der Waals surface area contributed by atoms with Crippen LogP contribution in [0.5, 0.6) is 0 Å². The topological polar surface area (TPSA) is 59.3 Å². The summed E-state index contributed by atoms with van der Waals surface area (Å²) in [5, 5.41) is 8.66. The first kappa shape index (κ1) is 19.0. The number of aromatic nitrogens is 2. The van der Waals surface area contributed by atoms with Crippen LogP contribution >= 0.6 is 15.9 Å². The average Bonchev–Trinajstić information content (AvgIpc) is 2.97. The van der Waals surface area contributed by atoms with Crippen molar-refractivity contribution < 1.29 is 4.79 Å². The van der Waals surface area contributed by atoms with Crippen molar-refractivity contribution in [2.45, 2.75) is 27.3 Å². The zero-order chi connectivity index (χ0) is 19.4. The molecule has 0 atom stereocenters. The van der Waals surface area contributed by atoms with E-state index < -0.39 is 0 Å². The number of nitrogens with one attached hydrogen (secondary N) is 1. The van der Waals surface area contributed by atoms with Gasteiger partial charge in [-0.1, -0.05) is 40.2 Å². The first-order chi connectivity index (χ1) is 12.9. The van der Waals surface area contributed by atoms with Crippen molar-refractivity contribution in [1.29, 1.82) is 0 Å². The minimum Gasteiger partial charge on any atom is -0.267 e. The number of halogens is 1. The lowest BCUT2D eigenvalue weighted by molar-refractivity contribution is 0.0955. The molecule has 1 aromatic heterocycles. The summed E-state index contributed by atoms with van der Waals surface area (Å²) in [5.74, 6) is -0.232. The summed E-state index contributed by atoms with van der Waals surface area (Å²) in [7, 11) is 0. The van der Waals surface area contributed by atoms with Crippen molar-refractivity contribution in [3.05, 3.63) is 87.1 Å². The van der Waals surface area contributed by atoms with E-state index in [0.29, 0.717) is 12.1 Å². The van der Waals surface area contributed by atoms with Gasteiger partial charge in [-0.3, -0.25) is 9.48 Å². The molecule has 0 saturated carbocycles. The number of hydrazone groups is 1. The monoisotopic (exact) mass is 424 g/mol. The Hall–Kier alpha value is -2.73. The van der Waals surface area contributed by atoms with Crippen molar-refractivity contribution in [3.63, 3.8) is 0 Å². The average molecular weight is 425 g/mol. The number of aryl methyl sites for hydroxylation is 2. The second-order valence-corrected chi connectivity index (χ2v) is 7.34. The van der Waals surface area contributed by atoms with Gasteiger partial charge in [0.2, 0.25) is 0 Å². The van der Waals surface area contributed by atoms with E-state index in [2.05, 4.69) is 31.6 Å². The summed E-state index contributed by atoms with van der Waals surface area (Å²) in [5.41, 5.74) is 8.10. The Morgan fingerprint density at radius 2 is 1.70 bits per heavy atom. The van der Waals surface area contributed by atoms with Crippen LogP contribution in [-0.2, 0) is 6.54 Å². The summed E-state index contributed by atoms with van der Waals surface area (Å²) >= 11 is 3.40. The molecule has 3 aromatic rings. The highest BCUT2D eigenvalue weighted by Crippen LogP contribution is 2.12. The molecule has 0 spiro atoms. The lowest BCUT2D eigenvalue weighted by atomic mass is 10.1. The highest BCUT2D eigenvalue weighted by Gasteiger charge is 2.07. The molecule has 138 valence electrons. The smallest absolute Gasteiger partial charge is 0.267 e. The fraction of sp³-hybridized carbons (Fsp3) is 0.190. The first-order valence-electron chi connectivity index (χ1n) is 8.63. The molecule has 0 bridgehead atoms. The van der Waals surface area contributed by atoms with Gasteiger partial charge in [-0.15, -0.1) is 0 Å². The molecule has 2 aromatic carbocycles. The second kappa shape index (κ2) is 8.31. The third-order valence-corrected chi connectivity index (χ3v) is 4.77. The van der Waals surface area contributed by atoms with Gasteiger partial charge in [0.25, 0.3) is 5.91 Å². The molecule has 0 fully saturated rings. The molecule has 5 nitrogen and oxygen atoms in total. The maximum absolute atomic E-state index is 12.3. The van der Waals surface area contributed by atoms with Crippen LogP contribution in [-0.4, -0.2) is 21.4 Å². The molecular formula is C21H21BrN4O. The number of benzene rings is 2. The maximum atomic E-state index is 12.3. The van der Waals surface area contributed by atoms with Gasteiger partial charge in [0, 0.05) is 15.7 Å². The van der Waals surface area contributed by atoms with Gasteiger partial charge in [-0.25, -0.2) is 5.43 Å². The van der Waals surface area contributed by atoms with Crippen molar-refractivity contribution in [1.82, 2.24) is 15.2 Å². The number of amides is 1. The van der Waals surface area contributed by atoms with Crippen LogP contribution in [0.4, 0.5) is 0 Å². The number of hydrogen-bond acceptors (Lipinski definition) is 3. The molecular weight excluding hydrogens is 404 g/mol. The molecule has 3 rings (SSSR count). The van der Waals surface area contributed by atoms with E-state index in [0.717, 1.165) is 32.7 Å². The van der Waals surface area contributed by atoms with Crippen molar-refractivity contribution in [2.24, 2.45) is 5.10 Å². The molecule has 6 heteroatoms. The summed E-state index contributed by atoms with van der Waals surface area (Å²) in [6.07, 6.45) is 0. The molecule has 27 heavy (non-hydrogen) atoms. The number of carbonyl (C=O) groups is 1. The minimum absolute atomic E-state index is 0.232. The lowest BCUT2D eigenvalue weighted by Crippen LogP contribution is -2.19. The van der Waals surface area contributed by atoms with E-state index in [9.17, 15) is 4.79 Å². The van der Waals surface area contributed by atoms with Gasteiger partial charge in [-0.05, 0) is 62.2 Å². The molecule has 0 aliphatic heterocycles. The number of hydrogen-bond donors (Lipinski definition) is 1. The van der Waals surface area contributed by atoms with Crippen molar-refractivity contribution >= 4 is 27.5 Å². The minimum atomic E-state index is -0.232. The molecule has 0 unspecified atom stereocenters. The summed E-state index contributed by atoms with van der Waals surface area (Å²) in [6.45, 7) is 6.56. The number of carbonyl (C=O) groups excluding carboxylic acids is 1. The van der Waals surface area contributed by atoms with E-state index in [1.54, 1.807) is 12.1 Å². The Morgan fingerprint density at radius 3 is 2.30 bits per heavy atom. The van der Waals surface area contributed by atoms with Gasteiger partial charge < -0.3 is 0 Å². The van der Waals surface area contributed by atoms with E-state index in [1.165, 1.54) is 0 Å². The number of rotatable bonds is 5. The van der Waals surface area contributed by atoms with Crippen molar-refractivity contribution in [3.8, 4) is 0 Å². The largest absolute Gasteiger partial charge is 0.271 e. The van der Waals surface area contributed by atoms with Gasteiger partial charge in [0.1, 0.15) is 0 Å². The fourth-order valence-electron chi connectivity index (χ4n) is 2.72. The summed E-state index contributed by atoms with van der Waals surface area (Å²) < 4.78 is 2.96. The maximum Gasteiger partial charge on any atom is 0.271 e. The van der Waals surface area contributed by atoms with Gasteiger partial charge in [0.05, 0.1) is 18.0 Å². The third-order valence-electron chi connectivity index (χ3n) is 4.24. The summed E-state index contributed by atoms with van der Waals surface area (Å²) in [6, 6.07) is 17.3. The Labute approximate surface area is 167 Å². The predicted molar refractivity (Wildman–Crippen MR) is 111 cm³/mol. The Kier molecular flexibility index (Phi) is 5.86. The molecule has 0 saturated heterocycles. The van der Waals surface area contributed by atoms with Crippen LogP contribution in [0.2, 0.25) is 0 Å². The van der Waals surface area contributed by atoms with E-state index in [-0.39, 0.29) is 5.91 Å². The lowest BCUT2D eigenvalue weighted by Gasteiger charge is -2.06. The quantitative estimate of drug-likeness (QED) is 0.485. The molecule has 0 radical (unpaired) electrons. The second-order valence-electron chi connectivity index (χ2n) is 6.43. The zero-order valence-corrected chi connectivity index (χ0v) is 17.1. The normalized spacial score (nSPS) is 11.5. The zero-order valence-electron chi connectivity index (χ0n) is 15.5. The molecule has 0 aliphatic rings. The van der Waals surface area contributed by atoms with Crippen LogP contribution in [0.3, 0.4) is 0 Å². The fourth-order valence-corrected chi connectivity index (χ4v) is 2.99. The molecule has 0 aliphatic carbocycles. The van der Waals surface area contributed by atoms with Gasteiger partial charge >= 0.3 is 0 Å².